The second-order valence-corrected chi connectivity index (χ2v) is 6.36. The average molecular weight is 390 g/mol. The minimum atomic E-state index is -0.282. The maximum Gasteiger partial charge on any atom is 0.276 e. The molecule has 0 radical (unpaired) electrons. The van der Waals surface area contributed by atoms with Gasteiger partial charge in [-0.2, -0.15) is 0 Å². The van der Waals surface area contributed by atoms with Crippen molar-refractivity contribution in [3.63, 3.8) is 0 Å². The van der Waals surface area contributed by atoms with Crippen LogP contribution in [0.2, 0.25) is 0 Å². The molecule has 0 atom stereocenters. The van der Waals surface area contributed by atoms with Gasteiger partial charge in [-0.15, -0.1) is 11.3 Å². The number of hydrogen-bond acceptors (Lipinski definition) is 5. The predicted octanol–water partition coefficient (Wildman–Crippen LogP) is 4.23. The normalized spacial score (nSPS) is 10.3. The van der Waals surface area contributed by atoms with Crippen LogP contribution in [-0.2, 0) is 0 Å². The zero-order valence-electron chi connectivity index (χ0n) is 12.1. The first-order valence-electron chi connectivity index (χ1n) is 6.68. The molecule has 3 aromatic rings. The summed E-state index contributed by atoms with van der Waals surface area (Å²) in [5.41, 5.74) is 1.31. The highest BCUT2D eigenvalue weighted by Gasteiger charge is 2.12. The maximum atomic E-state index is 12.2. The molecular formula is C16H12BrN3O2S. The van der Waals surface area contributed by atoms with Gasteiger partial charge in [0.2, 0.25) is 0 Å². The van der Waals surface area contributed by atoms with E-state index in [9.17, 15) is 4.79 Å². The first-order valence-corrected chi connectivity index (χ1v) is 8.36. The van der Waals surface area contributed by atoms with Crippen molar-refractivity contribution in [2.24, 2.45) is 0 Å². The van der Waals surface area contributed by atoms with Gasteiger partial charge >= 0.3 is 0 Å². The van der Waals surface area contributed by atoms with E-state index >= 15 is 0 Å². The standard InChI is InChI=1S/C16H12BrN3O2S/c1-22-12-5-2-10(3-6-12)16-19-13(9-23-16)15(21)20-14-7-4-11(17)8-18-14/h2-9H,1H3,(H,18,20,21). The molecule has 0 saturated heterocycles. The number of nitrogens with zero attached hydrogens (tertiary/aromatic N) is 2. The summed E-state index contributed by atoms with van der Waals surface area (Å²) in [7, 11) is 1.62. The second kappa shape index (κ2) is 6.89. The number of ether oxygens (including phenoxy) is 1. The Labute approximate surface area is 145 Å². The zero-order chi connectivity index (χ0) is 16.2. The van der Waals surface area contributed by atoms with Gasteiger partial charge in [-0.05, 0) is 52.3 Å². The molecule has 0 fully saturated rings. The largest absolute Gasteiger partial charge is 0.497 e. The van der Waals surface area contributed by atoms with Gasteiger partial charge in [0, 0.05) is 21.6 Å². The first-order chi connectivity index (χ1) is 11.2. The Balaban J connectivity index is 1.75. The minimum Gasteiger partial charge on any atom is -0.497 e. The van der Waals surface area contributed by atoms with E-state index in [-0.39, 0.29) is 5.91 Å². The van der Waals surface area contributed by atoms with Crippen LogP contribution < -0.4 is 10.1 Å². The molecule has 0 aliphatic carbocycles. The molecule has 0 bridgehead atoms. The van der Waals surface area contributed by atoms with E-state index in [1.807, 2.05) is 30.3 Å². The first kappa shape index (κ1) is 15.6. The number of carbonyl (C=O) groups is 1. The number of nitrogens with one attached hydrogen (secondary N) is 1. The molecule has 1 amide bonds. The molecule has 116 valence electrons. The fraction of sp³-hybridized carbons (Fsp3) is 0.0625. The van der Waals surface area contributed by atoms with Gasteiger partial charge in [0.1, 0.15) is 22.3 Å². The lowest BCUT2D eigenvalue weighted by atomic mass is 10.2. The number of hydrogen-bond donors (Lipinski definition) is 1. The molecule has 5 nitrogen and oxygen atoms in total. The van der Waals surface area contributed by atoms with E-state index in [1.165, 1.54) is 11.3 Å². The summed E-state index contributed by atoms with van der Waals surface area (Å²) >= 11 is 4.72. The van der Waals surface area contributed by atoms with E-state index in [1.54, 1.807) is 24.8 Å². The Morgan fingerprint density at radius 2 is 2.00 bits per heavy atom. The summed E-state index contributed by atoms with van der Waals surface area (Å²) in [6.45, 7) is 0. The van der Waals surface area contributed by atoms with Crippen molar-refractivity contribution < 1.29 is 9.53 Å². The summed E-state index contributed by atoms with van der Waals surface area (Å²) in [4.78, 5) is 20.7. The summed E-state index contributed by atoms with van der Waals surface area (Å²) < 4.78 is 5.98. The number of methoxy groups -OCH3 is 1. The molecule has 3 rings (SSSR count). The summed E-state index contributed by atoms with van der Waals surface area (Å²) in [6, 6.07) is 11.1. The van der Waals surface area contributed by atoms with E-state index < -0.39 is 0 Å². The molecule has 1 N–H and O–H groups in total. The van der Waals surface area contributed by atoms with Crippen molar-refractivity contribution in [2.45, 2.75) is 0 Å². The predicted molar refractivity (Wildman–Crippen MR) is 94.0 cm³/mol. The third-order valence-electron chi connectivity index (χ3n) is 3.04. The van der Waals surface area contributed by atoms with E-state index in [0.717, 1.165) is 20.8 Å². The van der Waals surface area contributed by atoms with E-state index in [0.29, 0.717) is 11.5 Å². The van der Waals surface area contributed by atoms with E-state index in [4.69, 9.17) is 4.74 Å². The van der Waals surface area contributed by atoms with Crippen LogP contribution in [0, 0.1) is 0 Å². The van der Waals surface area contributed by atoms with Crippen molar-refractivity contribution in [2.75, 3.05) is 12.4 Å². The average Bonchev–Trinajstić information content (AvgIpc) is 3.07. The Hall–Kier alpha value is -2.25. The van der Waals surface area contributed by atoms with Crippen LogP contribution in [0.4, 0.5) is 5.82 Å². The SMILES string of the molecule is COc1ccc(-c2nc(C(=O)Nc3ccc(Br)cn3)cs2)cc1. The van der Waals surface area contributed by atoms with Gasteiger partial charge < -0.3 is 10.1 Å². The Morgan fingerprint density at radius 3 is 2.65 bits per heavy atom. The van der Waals surface area contributed by atoms with Gasteiger partial charge in [0.15, 0.2) is 0 Å². The van der Waals surface area contributed by atoms with E-state index in [2.05, 4.69) is 31.2 Å². The van der Waals surface area contributed by atoms with Crippen molar-refractivity contribution >= 4 is 39.0 Å². The van der Waals surface area contributed by atoms with Crippen molar-refractivity contribution in [3.8, 4) is 16.3 Å². The molecule has 2 heterocycles. The van der Waals surface area contributed by atoms with Crippen LogP contribution in [0.25, 0.3) is 10.6 Å². The van der Waals surface area contributed by atoms with Gasteiger partial charge in [0.25, 0.3) is 5.91 Å². The zero-order valence-corrected chi connectivity index (χ0v) is 14.5. The Bertz CT molecular complexity index is 816. The number of carbonyl (C=O) groups excluding carboxylic acids is 1. The van der Waals surface area contributed by atoms with Crippen molar-refractivity contribution in [3.05, 3.63) is 58.1 Å². The molecule has 7 heteroatoms. The number of thiazole rings is 1. The fourth-order valence-electron chi connectivity index (χ4n) is 1.87. The number of benzene rings is 1. The van der Waals surface area contributed by atoms with Gasteiger partial charge in [-0.1, -0.05) is 0 Å². The van der Waals surface area contributed by atoms with Gasteiger partial charge in [0.05, 0.1) is 7.11 Å². The number of rotatable bonds is 4. The van der Waals surface area contributed by atoms with Gasteiger partial charge in [-0.25, -0.2) is 9.97 Å². The highest BCUT2D eigenvalue weighted by molar-refractivity contribution is 9.10. The molecule has 2 aromatic heterocycles. The van der Waals surface area contributed by atoms with Crippen LogP contribution in [0.3, 0.4) is 0 Å². The van der Waals surface area contributed by atoms with Crippen molar-refractivity contribution in [1.82, 2.24) is 9.97 Å². The second-order valence-electron chi connectivity index (χ2n) is 4.58. The topological polar surface area (TPSA) is 64.1 Å². The lowest BCUT2D eigenvalue weighted by molar-refractivity contribution is 0.102. The lowest BCUT2D eigenvalue weighted by Gasteiger charge is -2.02. The smallest absolute Gasteiger partial charge is 0.276 e. The number of aromatic nitrogens is 2. The molecule has 23 heavy (non-hydrogen) atoms. The Kier molecular flexibility index (Phi) is 4.68. The molecule has 0 aliphatic rings. The third-order valence-corrected chi connectivity index (χ3v) is 4.40. The summed E-state index contributed by atoms with van der Waals surface area (Å²) in [5.74, 6) is 0.984. The number of halogens is 1. The van der Waals surface area contributed by atoms with Crippen LogP contribution >= 0.6 is 27.3 Å². The third kappa shape index (κ3) is 3.75. The molecule has 1 aromatic carbocycles. The number of amides is 1. The quantitative estimate of drug-likeness (QED) is 0.724. The summed E-state index contributed by atoms with van der Waals surface area (Å²) in [6.07, 6.45) is 1.62. The number of anilines is 1. The maximum absolute atomic E-state index is 12.2. The van der Waals surface area contributed by atoms with Crippen LogP contribution in [0.1, 0.15) is 10.5 Å². The molecule has 0 saturated carbocycles. The lowest BCUT2D eigenvalue weighted by Crippen LogP contribution is -2.13. The fourth-order valence-corrected chi connectivity index (χ4v) is 2.92. The minimum absolute atomic E-state index is 0.282. The van der Waals surface area contributed by atoms with Crippen LogP contribution in [0.15, 0.2) is 52.4 Å². The highest BCUT2D eigenvalue weighted by Crippen LogP contribution is 2.26. The number of pyridine rings is 1. The molecule has 0 aliphatic heterocycles. The Morgan fingerprint density at radius 1 is 1.22 bits per heavy atom. The molecular weight excluding hydrogens is 378 g/mol. The molecule has 0 unspecified atom stereocenters. The monoisotopic (exact) mass is 389 g/mol. The highest BCUT2D eigenvalue weighted by atomic mass is 79.9. The van der Waals surface area contributed by atoms with Crippen molar-refractivity contribution in [1.29, 1.82) is 0 Å². The summed E-state index contributed by atoms with van der Waals surface area (Å²) in [5, 5.41) is 5.23. The van der Waals surface area contributed by atoms with Crippen LogP contribution in [-0.4, -0.2) is 23.0 Å². The van der Waals surface area contributed by atoms with Gasteiger partial charge in [-0.3, -0.25) is 4.79 Å². The molecule has 0 spiro atoms. The van der Waals surface area contributed by atoms with Crippen LogP contribution in [0.5, 0.6) is 5.75 Å².